The molecule has 0 saturated heterocycles. The van der Waals surface area contributed by atoms with Gasteiger partial charge < -0.3 is 20.4 Å². The Balaban J connectivity index is 0. The summed E-state index contributed by atoms with van der Waals surface area (Å²) in [6, 6.07) is 0. The van der Waals surface area contributed by atoms with E-state index in [1.165, 1.54) is 32.1 Å². The lowest BCUT2D eigenvalue weighted by Crippen LogP contribution is -1.97. The Hall–Kier alpha value is -0.190. The van der Waals surface area contributed by atoms with Crippen LogP contribution in [0.25, 0.3) is 0 Å². The molecule has 15 heavy (non-hydrogen) atoms. The number of hydrogen-bond acceptors (Lipinski definition) is 2. The van der Waals surface area contributed by atoms with E-state index >= 15 is 0 Å². The van der Waals surface area contributed by atoms with Crippen LogP contribution in [0.5, 0.6) is 0 Å². The molecule has 0 rings (SSSR count). The summed E-state index contributed by atoms with van der Waals surface area (Å²) in [4.78, 5) is 21.6. The molecule has 0 aromatic rings. The molecule has 6 heteroatoms. The van der Waals surface area contributed by atoms with Crippen molar-refractivity contribution in [1.82, 2.24) is 0 Å². The van der Waals surface area contributed by atoms with Gasteiger partial charge in [-0.3, -0.25) is 0 Å². The van der Waals surface area contributed by atoms with Crippen LogP contribution in [0, 0.1) is 0 Å². The van der Waals surface area contributed by atoms with Gasteiger partial charge in [0.25, 0.3) is 0 Å². The van der Waals surface area contributed by atoms with E-state index in [0.29, 0.717) is 0 Å². The van der Waals surface area contributed by atoms with Gasteiger partial charge in [0.2, 0.25) is 0 Å². The van der Waals surface area contributed by atoms with Crippen LogP contribution in [0.4, 0.5) is 0 Å². The Morgan fingerprint density at radius 3 is 2.00 bits per heavy atom. The van der Waals surface area contributed by atoms with E-state index in [0.717, 1.165) is 6.54 Å². The second-order valence-corrected chi connectivity index (χ2v) is 4.10. The van der Waals surface area contributed by atoms with Gasteiger partial charge in [-0.25, -0.2) is 4.57 Å². The first-order valence-corrected chi connectivity index (χ1v) is 6.57. The predicted octanol–water partition coefficient (Wildman–Crippen LogP) is 1.54. The van der Waals surface area contributed by atoms with Crippen molar-refractivity contribution in [2.24, 2.45) is 5.73 Å². The van der Waals surface area contributed by atoms with E-state index in [9.17, 15) is 0 Å². The summed E-state index contributed by atoms with van der Waals surface area (Å²) in [7, 11) is -4.64. The molecule has 0 radical (unpaired) electrons. The van der Waals surface area contributed by atoms with E-state index in [1.54, 1.807) is 0 Å². The van der Waals surface area contributed by atoms with Crippen molar-refractivity contribution in [3.63, 3.8) is 0 Å². The Morgan fingerprint density at radius 2 is 1.60 bits per heavy atom. The van der Waals surface area contributed by atoms with Gasteiger partial charge in [-0.05, 0) is 32.7 Å². The summed E-state index contributed by atoms with van der Waals surface area (Å²) < 4.78 is 8.88. The maximum atomic E-state index is 8.88. The van der Waals surface area contributed by atoms with E-state index in [1.807, 2.05) is 0 Å². The SMILES string of the molecule is CC=CCCCCCCN.O=P(O)(O)O. The van der Waals surface area contributed by atoms with Crippen molar-refractivity contribution >= 4 is 7.82 Å². The first-order valence-electron chi connectivity index (χ1n) is 5.01. The first-order chi connectivity index (χ1) is 6.91. The summed E-state index contributed by atoms with van der Waals surface area (Å²) >= 11 is 0. The fourth-order valence-electron chi connectivity index (χ4n) is 0.927. The average Bonchev–Trinajstić information content (AvgIpc) is 2.08. The Bertz CT molecular complexity index is 182. The molecule has 0 saturated carbocycles. The van der Waals surface area contributed by atoms with Gasteiger partial charge in [-0.1, -0.05) is 25.0 Å². The Kier molecular flexibility index (Phi) is 13.6. The van der Waals surface area contributed by atoms with Crippen molar-refractivity contribution in [3.05, 3.63) is 12.2 Å². The number of nitrogens with two attached hydrogens (primary N) is 1. The molecule has 0 amide bonds. The van der Waals surface area contributed by atoms with Gasteiger partial charge in [0.05, 0.1) is 0 Å². The third-order valence-corrected chi connectivity index (χ3v) is 1.56. The molecular weight excluding hydrogens is 217 g/mol. The molecule has 0 aliphatic heterocycles. The number of hydrogen-bond donors (Lipinski definition) is 4. The number of rotatable bonds is 6. The maximum absolute atomic E-state index is 8.88. The minimum absolute atomic E-state index is 0.851. The van der Waals surface area contributed by atoms with Gasteiger partial charge in [0.15, 0.2) is 0 Å². The summed E-state index contributed by atoms with van der Waals surface area (Å²) in [5, 5.41) is 0. The van der Waals surface area contributed by atoms with Gasteiger partial charge in [0, 0.05) is 0 Å². The molecule has 0 fully saturated rings. The predicted molar refractivity (Wildman–Crippen MR) is 61.2 cm³/mol. The number of allylic oxidation sites excluding steroid dienone is 2. The highest BCUT2D eigenvalue weighted by Gasteiger charge is 2.00. The van der Waals surface area contributed by atoms with Gasteiger partial charge >= 0.3 is 7.82 Å². The van der Waals surface area contributed by atoms with Gasteiger partial charge in [-0.2, -0.15) is 0 Å². The lowest BCUT2D eigenvalue weighted by molar-refractivity contribution is 0.275. The molecule has 0 aromatic heterocycles. The smallest absolute Gasteiger partial charge is 0.330 e. The monoisotopic (exact) mass is 239 g/mol. The molecule has 0 aliphatic carbocycles. The van der Waals surface area contributed by atoms with Gasteiger partial charge in [-0.15, -0.1) is 0 Å². The highest BCUT2D eigenvalue weighted by Crippen LogP contribution is 2.25. The standard InChI is InChI=1S/C9H19N.H3O4P/c1-2-3-4-5-6-7-8-9-10;1-5(2,3)4/h2-3H,4-10H2,1H3;(H3,1,2,3,4). The second-order valence-electron chi connectivity index (χ2n) is 3.07. The number of unbranched alkanes of at least 4 members (excludes halogenated alkanes) is 4. The van der Waals surface area contributed by atoms with E-state index in [4.69, 9.17) is 25.0 Å². The third kappa shape index (κ3) is 41.5. The summed E-state index contributed by atoms with van der Waals surface area (Å²) in [5.74, 6) is 0. The lowest BCUT2D eigenvalue weighted by Gasteiger charge is -1.95. The quantitative estimate of drug-likeness (QED) is 0.320. The van der Waals surface area contributed by atoms with Crippen molar-refractivity contribution in [2.45, 2.75) is 39.0 Å². The van der Waals surface area contributed by atoms with E-state index < -0.39 is 7.82 Å². The highest BCUT2D eigenvalue weighted by atomic mass is 31.2. The average molecular weight is 239 g/mol. The van der Waals surface area contributed by atoms with Crippen molar-refractivity contribution < 1.29 is 19.2 Å². The number of phosphoric acid groups is 1. The summed E-state index contributed by atoms with van der Waals surface area (Å²) in [6.07, 6.45) is 10.7. The van der Waals surface area contributed by atoms with E-state index in [-0.39, 0.29) is 0 Å². The van der Waals surface area contributed by atoms with Gasteiger partial charge in [0.1, 0.15) is 0 Å². The summed E-state index contributed by atoms with van der Waals surface area (Å²) in [6.45, 7) is 2.92. The molecule has 5 N–H and O–H groups in total. The Morgan fingerprint density at radius 1 is 1.13 bits per heavy atom. The fourth-order valence-corrected chi connectivity index (χ4v) is 0.927. The van der Waals surface area contributed by atoms with Crippen molar-refractivity contribution in [1.29, 1.82) is 0 Å². The lowest BCUT2D eigenvalue weighted by atomic mass is 10.1. The second kappa shape index (κ2) is 11.9. The molecule has 92 valence electrons. The van der Waals surface area contributed by atoms with Crippen LogP contribution < -0.4 is 5.73 Å². The first kappa shape index (κ1) is 17.2. The summed E-state index contributed by atoms with van der Waals surface area (Å²) in [5.41, 5.74) is 5.36. The molecule has 0 aliphatic rings. The molecule has 0 bridgehead atoms. The van der Waals surface area contributed by atoms with Crippen LogP contribution in [-0.2, 0) is 4.57 Å². The Labute approximate surface area is 91.2 Å². The van der Waals surface area contributed by atoms with Crippen LogP contribution in [0.15, 0.2) is 12.2 Å². The normalized spacial score (nSPS) is 11.3. The fraction of sp³-hybridized carbons (Fsp3) is 0.778. The van der Waals surface area contributed by atoms with Crippen molar-refractivity contribution in [2.75, 3.05) is 6.54 Å². The highest BCUT2D eigenvalue weighted by molar-refractivity contribution is 7.45. The molecule has 5 nitrogen and oxygen atoms in total. The molecule has 0 atom stereocenters. The van der Waals surface area contributed by atoms with Crippen LogP contribution >= 0.6 is 7.82 Å². The zero-order valence-electron chi connectivity index (χ0n) is 9.17. The van der Waals surface area contributed by atoms with Crippen molar-refractivity contribution in [3.8, 4) is 0 Å². The van der Waals surface area contributed by atoms with Crippen LogP contribution in [0.3, 0.4) is 0 Å². The molecule has 0 unspecified atom stereocenters. The molecule has 0 aromatic carbocycles. The molecule has 0 spiro atoms. The zero-order valence-corrected chi connectivity index (χ0v) is 10.1. The van der Waals surface area contributed by atoms with Crippen LogP contribution in [0.2, 0.25) is 0 Å². The molecule has 0 heterocycles. The van der Waals surface area contributed by atoms with Crippen LogP contribution in [0.1, 0.15) is 39.0 Å². The maximum Gasteiger partial charge on any atom is 0.466 e. The third-order valence-electron chi connectivity index (χ3n) is 1.56. The zero-order chi connectivity index (χ0) is 12.2. The van der Waals surface area contributed by atoms with Crippen LogP contribution in [-0.4, -0.2) is 21.2 Å². The minimum atomic E-state index is -4.64. The largest absolute Gasteiger partial charge is 0.466 e. The molecular formula is C9H22NO4P. The minimum Gasteiger partial charge on any atom is -0.330 e. The van der Waals surface area contributed by atoms with E-state index in [2.05, 4.69) is 19.1 Å². The topological polar surface area (TPSA) is 104 Å².